The van der Waals surface area contributed by atoms with Crippen LogP contribution >= 0.6 is 0 Å². The Morgan fingerprint density at radius 2 is 1.74 bits per heavy atom. The molecule has 6 heteroatoms. The predicted octanol–water partition coefficient (Wildman–Crippen LogP) is 6.31. The number of aryl methyl sites for hydroxylation is 2. The number of carbonyl (C=O) groups is 1. The molecular weight excluding hydrogens is 424 g/mol. The minimum atomic E-state index is -0.413. The number of nitrogens with zero attached hydrogens (tertiary/aromatic N) is 3. The lowest BCUT2D eigenvalue weighted by molar-refractivity contribution is 0.244. The van der Waals surface area contributed by atoms with Crippen LogP contribution in [0.3, 0.4) is 0 Å². The van der Waals surface area contributed by atoms with Gasteiger partial charge in [0, 0.05) is 11.3 Å². The highest BCUT2D eigenvalue weighted by Gasteiger charge is 2.36. The number of nitrogens with one attached hydrogen (secondary N) is 1. The van der Waals surface area contributed by atoms with Gasteiger partial charge in [-0.05, 0) is 49.6 Å². The number of anilines is 1. The van der Waals surface area contributed by atoms with Gasteiger partial charge < -0.3 is 9.84 Å². The van der Waals surface area contributed by atoms with E-state index in [-0.39, 0.29) is 6.03 Å². The molecule has 0 radical (unpaired) electrons. The highest BCUT2D eigenvalue weighted by molar-refractivity contribution is 6.01. The lowest BCUT2D eigenvalue weighted by atomic mass is 9.93. The SMILES string of the molecule is CCc1ccc(C2NC(=O)N(c3ccccc3)C(C)=C2c2nc(-c3cccc(C)c3)no2)cc1. The molecule has 2 amide bonds. The summed E-state index contributed by atoms with van der Waals surface area (Å²) in [6.07, 6.45) is 0.949. The normalized spacial score (nSPS) is 16.0. The topological polar surface area (TPSA) is 71.3 Å². The first-order chi connectivity index (χ1) is 16.5. The first kappa shape index (κ1) is 21.6. The van der Waals surface area contributed by atoms with Crippen molar-refractivity contribution in [1.82, 2.24) is 15.5 Å². The molecule has 2 heterocycles. The molecule has 6 nitrogen and oxygen atoms in total. The van der Waals surface area contributed by atoms with Crippen molar-refractivity contribution in [3.05, 3.63) is 107 Å². The molecule has 1 N–H and O–H groups in total. The van der Waals surface area contributed by atoms with Crippen molar-refractivity contribution < 1.29 is 9.32 Å². The quantitative estimate of drug-likeness (QED) is 0.387. The van der Waals surface area contributed by atoms with Crippen molar-refractivity contribution in [1.29, 1.82) is 0 Å². The molecular formula is C28H26N4O2. The van der Waals surface area contributed by atoms with E-state index in [1.165, 1.54) is 5.56 Å². The van der Waals surface area contributed by atoms with Crippen LogP contribution in [0, 0.1) is 6.92 Å². The van der Waals surface area contributed by atoms with Crippen LogP contribution in [0.5, 0.6) is 0 Å². The average molecular weight is 451 g/mol. The van der Waals surface area contributed by atoms with Gasteiger partial charge in [0.1, 0.15) is 0 Å². The third-order valence-corrected chi connectivity index (χ3v) is 6.15. The number of allylic oxidation sites excluding steroid dienone is 1. The van der Waals surface area contributed by atoms with Gasteiger partial charge >= 0.3 is 6.03 Å². The Balaban J connectivity index is 1.64. The van der Waals surface area contributed by atoms with E-state index >= 15 is 0 Å². The average Bonchev–Trinajstić information content (AvgIpc) is 3.34. The Morgan fingerprint density at radius 3 is 2.44 bits per heavy atom. The zero-order valence-electron chi connectivity index (χ0n) is 19.4. The number of amides is 2. The van der Waals surface area contributed by atoms with Crippen LogP contribution in [0.25, 0.3) is 17.0 Å². The summed E-state index contributed by atoms with van der Waals surface area (Å²) in [5.74, 6) is 0.904. The van der Waals surface area contributed by atoms with Crippen molar-refractivity contribution >= 4 is 17.3 Å². The Morgan fingerprint density at radius 1 is 0.971 bits per heavy atom. The van der Waals surface area contributed by atoms with Crippen molar-refractivity contribution in [2.45, 2.75) is 33.2 Å². The molecule has 0 saturated heterocycles. The van der Waals surface area contributed by atoms with Crippen LogP contribution in [0.2, 0.25) is 0 Å². The Labute approximate surface area is 198 Å². The number of rotatable bonds is 5. The summed E-state index contributed by atoms with van der Waals surface area (Å²) in [6, 6.07) is 25.2. The lowest BCUT2D eigenvalue weighted by Crippen LogP contribution is -2.46. The summed E-state index contributed by atoms with van der Waals surface area (Å²) in [5, 5.41) is 7.42. The summed E-state index contributed by atoms with van der Waals surface area (Å²) in [7, 11) is 0. The van der Waals surface area contributed by atoms with Crippen molar-refractivity contribution in [2.75, 3.05) is 4.90 Å². The smallest absolute Gasteiger partial charge is 0.326 e. The Bertz CT molecular complexity index is 1360. The molecule has 1 aliphatic rings. The first-order valence-electron chi connectivity index (χ1n) is 11.4. The van der Waals surface area contributed by atoms with Gasteiger partial charge in [-0.2, -0.15) is 4.98 Å². The number of hydrogen-bond donors (Lipinski definition) is 1. The molecule has 4 aromatic rings. The zero-order chi connectivity index (χ0) is 23.7. The Hall–Kier alpha value is -4.19. The van der Waals surface area contributed by atoms with Crippen molar-refractivity contribution in [3.63, 3.8) is 0 Å². The zero-order valence-corrected chi connectivity index (χ0v) is 19.4. The van der Waals surface area contributed by atoms with Crippen molar-refractivity contribution in [3.8, 4) is 11.4 Å². The molecule has 0 bridgehead atoms. The van der Waals surface area contributed by atoms with Gasteiger partial charge in [-0.25, -0.2) is 4.79 Å². The van der Waals surface area contributed by atoms with Crippen LogP contribution in [-0.2, 0) is 6.42 Å². The summed E-state index contributed by atoms with van der Waals surface area (Å²) in [4.78, 5) is 19.7. The number of hydrogen-bond acceptors (Lipinski definition) is 4. The lowest BCUT2D eigenvalue weighted by Gasteiger charge is -2.35. The van der Waals surface area contributed by atoms with Gasteiger partial charge in [0.2, 0.25) is 5.82 Å². The fourth-order valence-corrected chi connectivity index (χ4v) is 4.34. The van der Waals surface area contributed by atoms with Crippen LogP contribution in [0.15, 0.2) is 89.1 Å². The molecule has 34 heavy (non-hydrogen) atoms. The molecule has 1 aromatic heterocycles. The highest BCUT2D eigenvalue weighted by Crippen LogP contribution is 2.39. The third kappa shape index (κ3) is 3.99. The standard InChI is InChI=1S/C28H26N4O2/c1-4-20-13-15-21(16-14-20)25-24(19(3)32(28(33)29-25)23-11-6-5-7-12-23)27-30-26(31-34-27)22-10-8-9-18(2)17-22/h5-17,25H,4H2,1-3H3,(H,29,33). The maximum atomic E-state index is 13.3. The van der Waals surface area contributed by atoms with Crippen LogP contribution in [0.4, 0.5) is 10.5 Å². The molecule has 1 unspecified atom stereocenters. The highest BCUT2D eigenvalue weighted by atomic mass is 16.5. The molecule has 0 saturated carbocycles. The first-order valence-corrected chi connectivity index (χ1v) is 11.4. The fraction of sp³-hybridized carbons (Fsp3) is 0.179. The molecule has 3 aromatic carbocycles. The maximum absolute atomic E-state index is 13.3. The molecule has 5 rings (SSSR count). The summed E-state index contributed by atoms with van der Waals surface area (Å²) in [6.45, 7) is 6.07. The summed E-state index contributed by atoms with van der Waals surface area (Å²) >= 11 is 0. The van der Waals surface area contributed by atoms with Gasteiger partial charge in [-0.15, -0.1) is 0 Å². The molecule has 0 fully saturated rings. The molecule has 0 aliphatic carbocycles. The predicted molar refractivity (Wildman–Crippen MR) is 133 cm³/mol. The van der Waals surface area contributed by atoms with E-state index < -0.39 is 6.04 Å². The van der Waals surface area contributed by atoms with Gasteiger partial charge in [-0.3, -0.25) is 4.90 Å². The van der Waals surface area contributed by atoms with E-state index in [1.54, 1.807) is 4.90 Å². The van der Waals surface area contributed by atoms with Gasteiger partial charge in [-0.1, -0.05) is 78.3 Å². The third-order valence-electron chi connectivity index (χ3n) is 6.15. The second-order valence-corrected chi connectivity index (χ2v) is 8.44. The number of benzene rings is 3. The van der Waals surface area contributed by atoms with E-state index in [0.717, 1.165) is 40.1 Å². The van der Waals surface area contributed by atoms with Gasteiger partial charge in [0.15, 0.2) is 0 Å². The molecule has 0 spiro atoms. The second kappa shape index (κ2) is 8.98. The van der Waals surface area contributed by atoms with Crippen LogP contribution in [-0.4, -0.2) is 16.2 Å². The van der Waals surface area contributed by atoms with Crippen LogP contribution in [0.1, 0.15) is 42.5 Å². The monoisotopic (exact) mass is 450 g/mol. The van der Waals surface area contributed by atoms with Crippen molar-refractivity contribution in [2.24, 2.45) is 0 Å². The van der Waals surface area contributed by atoms with E-state index in [2.05, 4.69) is 29.5 Å². The minimum absolute atomic E-state index is 0.199. The summed E-state index contributed by atoms with van der Waals surface area (Å²) in [5.41, 5.74) is 6.50. The summed E-state index contributed by atoms with van der Waals surface area (Å²) < 4.78 is 5.79. The van der Waals surface area contributed by atoms with E-state index in [0.29, 0.717) is 11.7 Å². The van der Waals surface area contributed by atoms with E-state index in [9.17, 15) is 4.79 Å². The van der Waals surface area contributed by atoms with Gasteiger partial charge in [0.05, 0.1) is 17.3 Å². The van der Waals surface area contributed by atoms with E-state index in [1.807, 2.05) is 80.6 Å². The number of urea groups is 1. The minimum Gasteiger partial charge on any atom is -0.334 e. The van der Waals surface area contributed by atoms with Gasteiger partial charge in [0.25, 0.3) is 5.89 Å². The maximum Gasteiger partial charge on any atom is 0.326 e. The number of para-hydroxylation sites is 1. The Kier molecular flexibility index (Phi) is 5.72. The number of carbonyl (C=O) groups excluding carboxylic acids is 1. The molecule has 170 valence electrons. The van der Waals surface area contributed by atoms with Crippen LogP contribution < -0.4 is 10.2 Å². The number of aromatic nitrogens is 2. The fourth-order valence-electron chi connectivity index (χ4n) is 4.34. The largest absolute Gasteiger partial charge is 0.334 e. The molecule has 1 aliphatic heterocycles. The second-order valence-electron chi connectivity index (χ2n) is 8.44. The molecule has 1 atom stereocenters. The van der Waals surface area contributed by atoms with E-state index in [4.69, 9.17) is 9.51 Å².